The van der Waals surface area contributed by atoms with Crippen molar-refractivity contribution in [1.82, 2.24) is 5.32 Å². The Labute approximate surface area is 198 Å². The van der Waals surface area contributed by atoms with Gasteiger partial charge in [0.15, 0.2) is 0 Å². The van der Waals surface area contributed by atoms with E-state index in [1.165, 1.54) is 53.5 Å². The summed E-state index contributed by atoms with van der Waals surface area (Å²) in [5.41, 5.74) is 8.37. The summed E-state index contributed by atoms with van der Waals surface area (Å²) in [5, 5.41) is 3.12. The molecule has 0 heterocycles. The predicted octanol–water partition coefficient (Wildman–Crippen LogP) is 7.72. The van der Waals surface area contributed by atoms with Crippen LogP contribution in [0.15, 0.2) is 35.4 Å². The van der Waals surface area contributed by atoms with Gasteiger partial charge in [-0.1, -0.05) is 84.2 Å². The first kappa shape index (κ1) is 26.4. The van der Waals surface area contributed by atoms with Crippen molar-refractivity contribution in [2.24, 2.45) is 5.92 Å². The zero-order valence-corrected chi connectivity index (χ0v) is 22.2. The smallest absolute Gasteiger partial charge is 0.246 e. The third kappa shape index (κ3) is 6.59. The number of benzene rings is 1. The Bertz CT molecular complexity index is 869. The van der Waals surface area contributed by atoms with Gasteiger partial charge in [-0.15, -0.1) is 0 Å². The van der Waals surface area contributed by atoms with E-state index in [-0.39, 0.29) is 16.7 Å². The largest absolute Gasteiger partial charge is 0.352 e. The lowest BCUT2D eigenvalue weighted by atomic mass is 9.62. The Balaban J connectivity index is 2.13. The molecule has 0 saturated heterocycles. The molecule has 0 radical (unpaired) electrons. The molecule has 1 aliphatic rings. The highest BCUT2D eigenvalue weighted by Crippen LogP contribution is 2.46. The summed E-state index contributed by atoms with van der Waals surface area (Å²) in [6, 6.07) is 4.90. The van der Waals surface area contributed by atoms with E-state index in [1.54, 1.807) is 0 Å². The second-order valence-corrected chi connectivity index (χ2v) is 11.4. The topological polar surface area (TPSA) is 29.1 Å². The van der Waals surface area contributed by atoms with Gasteiger partial charge in [0, 0.05) is 12.1 Å². The monoisotopic (exact) mass is 437 g/mol. The number of carbonyl (C=O) groups is 1. The van der Waals surface area contributed by atoms with Gasteiger partial charge in [0.1, 0.15) is 0 Å². The molecule has 2 heteroatoms. The zero-order chi connectivity index (χ0) is 24.1. The first-order chi connectivity index (χ1) is 14.9. The van der Waals surface area contributed by atoms with Gasteiger partial charge in [-0.2, -0.15) is 0 Å². The summed E-state index contributed by atoms with van der Waals surface area (Å²) in [6.07, 6.45) is 11.0. The molecule has 0 aliphatic heterocycles. The van der Waals surface area contributed by atoms with Crippen LogP contribution in [0.3, 0.4) is 0 Å². The number of hydrogen-bond donors (Lipinski definition) is 1. The molecule has 0 fully saturated rings. The van der Waals surface area contributed by atoms with Crippen LogP contribution in [-0.2, 0) is 22.0 Å². The molecule has 0 aromatic heterocycles. The highest BCUT2D eigenvalue weighted by Gasteiger charge is 2.37. The van der Waals surface area contributed by atoms with Crippen molar-refractivity contribution in [3.8, 4) is 0 Å². The van der Waals surface area contributed by atoms with Crippen LogP contribution in [0, 0.1) is 12.8 Å². The number of amides is 1. The van der Waals surface area contributed by atoms with E-state index >= 15 is 0 Å². The van der Waals surface area contributed by atoms with Crippen molar-refractivity contribution in [3.05, 3.63) is 57.7 Å². The van der Waals surface area contributed by atoms with Gasteiger partial charge in [-0.25, -0.2) is 0 Å². The van der Waals surface area contributed by atoms with Crippen LogP contribution in [-0.4, -0.2) is 12.5 Å². The quantitative estimate of drug-likeness (QED) is 0.311. The van der Waals surface area contributed by atoms with Crippen molar-refractivity contribution in [2.45, 2.75) is 112 Å². The van der Waals surface area contributed by atoms with Crippen molar-refractivity contribution in [1.29, 1.82) is 0 Å². The van der Waals surface area contributed by atoms with Crippen LogP contribution in [0.5, 0.6) is 0 Å². The van der Waals surface area contributed by atoms with Gasteiger partial charge >= 0.3 is 0 Å². The minimum Gasteiger partial charge on any atom is -0.352 e. The van der Waals surface area contributed by atoms with E-state index in [0.29, 0.717) is 5.92 Å². The molecule has 2 nitrogen and oxygen atoms in total. The Morgan fingerprint density at radius 2 is 1.62 bits per heavy atom. The second-order valence-electron chi connectivity index (χ2n) is 11.4. The summed E-state index contributed by atoms with van der Waals surface area (Å²) in [4.78, 5) is 12.5. The average Bonchev–Trinajstić information content (AvgIpc) is 2.73. The average molecular weight is 438 g/mol. The van der Waals surface area contributed by atoms with Crippen LogP contribution in [0.1, 0.15) is 110 Å². The second kappa shape index (κ2) is 10.9. The number of nitrogens with one attached hydrogen (secondary N) is 1. The number of fused-ring (bicyclic) bond motifs is 1. The van der Waals surface area contributed by atoms with E-state index in [1.807, 2.05) is 13.0 Å². The van der Waals surface area contributed by atoms with Crippen molar-refractivity contribution in [2.75, 3.05) is 6.54 Å². The molecule has 0 bridgehead atoms. The lowest BCUT2D eigenvalue weighted by Crippen LogP contribution is -2.34. The molecule has 1 aromatic rings. The highest BCUT2D eigenvalue weighted by atomic mass is 16.1. The Morgan fingerprint density at radius 3 is 2.19 bits per heavy atom. The molecule has 1 aromatic carbocycles. The fraction of sp³-hybridized carbons (Fsp3) is 0.633. The molecule has 0 spiro atoms. The number of allylic oxidation sites excluding steroid dienone is 3. The number of aryl methyl sites for hydroxylation is 1. The lowest BCUT2D eigenvalue weighted by molar-refractivity contribution is -0.117. The third-order valence-corrected chi connectivity index (χ3v) is 7.58. The molecule has 0 saturated carbocycles. The minimum absolute atomic E-state index is 0.0533. The van der Waals surface area contributed by atoms with Gasteiger partial charge < -0.3 is 5.32 Å². The van der Waals surface area contributed by atoms with E-state index in [9.17, 15) is 4.79 Å². The predicted molar refractivity (Wildman–Crippen MR) is 139 cm³/mol. The zero-order valence-electron chi connectivity index (χ0n) is 22.2. The van der Waals surface area contributed by atoms with Gasteiger partial charge in [0.25, 0.3) is 0 Å². The summed E-state index contributed by atoms with van der Waals surface area (Å²) in [7, 11) is 0. The summed E-state index contributed by atoms with van der Waals surface area (Å²) in [5.74, 6) is 0.632. The standard InChI is InChI=1S/C30H47NO/c1-10-12-24(11-2)20-31-28(32)22(4)14-13-21(3)17-25-19-27-26(18-23(25)5)29(6,7)15-16-30(27,8)9/h13-14,18-19,24H,10-12,15-17,20H2,1-9H3,(H,31,32)/b21-13+,22-14+. The van der Waals surface area contributed by atoms with Crippen molar-refractivity contribution >= 4 is 5.91 Å². The molecule has 1 N–H and O–H groups in total. The Hall–Kier alpha value is -1.83. The molecule has 2 rings (SSSR count). The van der Waals surface area contributed by atoms with Crippen molar-refractivity contribution in [3.63, 3.8) is 0 Å². The fourth-order valence-corrected chi connectivity index (χ4v) is 4.89. The lowest BCUT2D eigenvalue weighted by Gasteiger charge is -2.42. The van der Waals surface area contributed by atoms with E-state index in [4.69, 9.17) is 0 Å². The van der Waals surface area contributed by atoms with Crippen LogP contribution in [0.2, 0.25) is 0 Å². The first-order valence-corrected chi connectivity index (χ1v) is 12.7. The number of hydrogen-bond acceptors (Lipinski definition) is 1. The summed E-state index contributed by atoms with van der Waals surface area (Å²) < 4.78 is 0. The summed E-state index contributed by atoms with van der Waals surface area (Å²) >= 11 is 0. The highest BCUT2D eigenvalue weighted by molar-refractivity contribution is 5.93. The molecule has 32 heavy (non-hydrogen) atoms. The molecule has 1 amide bonds. The maximum atomic E-state index is 12.5. The van der Waals surface area contributed by atoms with Gasteiger partial charge in [-0.05, 0) is 85.5 Å². The van der Waals surface area contributed by atoms with Crippen LogP contribution in [0.4, 0.5) is 0 Å². The maximum absolute atomic E-state index is 12.5. The first-order valence-electron chi connectivity index (χ1n) is 12.7. The third-order valence-electron chi connectivity index (χ3n) is 7.58. The molecule has 1 unspecified atom stereocenters. The normalized spacial score (nSPS) is 18.8. The van der Waals surface area contributed by atoms with Crippen molar-refractivity contribution < 1.29 is 4.79 Å². The minimum atomic E-state index is 0.0533. The molecule has 1 aliphatic carbocycles. The Morgan fingerprint density at radius 1 is 1.03 bits per heavy atom. The fourth-order valence-electron chi connectivity index (χ4n) is 4.89. The van der Waals surface area contributed by atoms with Crippen LogP contribution < -0.4 is 5.32 Å². The number of carbonyl (C=O) groups excluding carboxylic acids is 1. The van der Waals surface area contributed by atoms with Gasteiger partial charge in [0.2, 0.25) is 5.91 Å². The van der Waals surface area contributed by atoms with Gasteiger partial charge in [-0.3, -0.25) is 4.79 Å². The van der Waals surface area contributed by atoms with Crippen LogP contribution >= 0.6 is 0 Å². The number of rotatable bonds is 9. The van der Waals surface area contributed by atoms with E-state index in [2.05, 4.69) is 78.9 Å². The Kier molecular flexibility index (Phi) is 8.97. The van der Waals surface area contributed by atoms with Crippen LogP contribution in [0.25, 0.3) is 0 Å². The molecule has 178 valence electrons. The molecular formula is C30H47NO. The molecular weight excluding hydrogens is 390 g/mol. The van der Waals surface area contributed by atoms with Gasteiger partial charge in [0.05, 0.1) is 0 Å². The SMILES string of the molecule is CCCC(CC)CNC(=O)/C(C)=C/C=C(\C)Cc1cc2c(cc1C)C(C)(C)CCC2(C)C. The van der Waals surface area contributed by atoms with E-state index in [0.717, 1.165) is 25.0 Å². The van der Waals surface area contributed by atoms with E-state index < -0.39 is 0 Å². The summed E-state index contributed by atoms with van der Waals surface area (Å²) in [6.45, 7) is 21.0. The maximum Gasteiger partial charge on any atom is 0.246 e. The molecule has 1 atom stereocenters.